The molecule has 0 saturated carbocycles. The van der Waals surface area contributed by atoms with Crippen molar-refractivity contribution in [2.75, 3.05) is 13.6 Å². The first-order valence-corrected chi connectivity index (χ1v) is 7.37. The number of aromatic amines is 1. The second kappa shape index (κ2) is 4.26. The predicted molar refractivity (Wildman–Crippen MR) is 75.4 cm³/mol. The number of alkyl halides is 3. The van der Waals surface area contributed by atoms with Crippen molar-refractivity contribution in [3.8, 4) is 0 Å². The Morgan fingerprint density at radius 1 is 1.29 bits per heavy atom. The van der Waals surface area contributed by atoms with Crippen LogP contribution in [-0.2, 0) is 12.6 Å². The maximum absolute atomic E-state index is 13.3. The number of likely N-dealkylation sites (tertiary alicyclic amines) is 1. The van der Waals surface area contributed by atoms with Crippen molar-refractivity contribution in [2.24, 2.45) is 0 Å². The maximum atomic E-state index is 13.3. The lowest BCUT2D eigenvalue weighted by molar-refractivity contribution is -0.141. The van der Waals surface area contributed by atoms with Gasteiger partial charge in [-0.15, -0.1) is 0 Å². The van der Waals surface area contributed by atoms with Crippen LogP contribution in [0.3, 0.4) is 0 Å². The fraction of sp³-hybridized carbons (Fsp3) is 0.500. The summed E-state index contributed by atoms with van der Waals surface area (Å²) in [5.74, 6) is 0.358. The van der Waals surface area contributed by atoms with Gasteiger partial charge in [-0.1, -0.05) is 12.1 Å². The van der Waals surface area contributed by atoms with E-state index in [1.54, 1.807) is 6.07 Å². The molecule has 4 rings (SSSR count). The largest absolute Gasteiger partial charge is 0.431 e. The molecule has 0 unspecified atom stereocenters. The Morgan fingerprint density at radius 3 is 2.86 bits per heavy atom. The lowest BCUT2D eigenvalue weighted by Crippen LogP contribution is -2.44. The molecular weight excluding hydrogens is 277 g/mol. The highest BCUT2D eigenvalue weighted by atomic mass is 19.4. The summed E-state index contributed by atoms with van der Waals surface area (Å²) in [6, 6.07) is 5.82. The summed E-state index contributed by atoms with van der Waals surface area (Å²) in [5, 5.41) is 0.821. The zero-order chi connectivity index (χ0) is 14.8. The lowest BCUT2D eigenvalue weighted by Gasteiger charge is -2.42. The number of likely N-dealkylation sites (N-methyl/N-ethyl adjacent to an activating group) is 1. The van der Waals surface area contributed by atoms with Crippen LogP contribution in [0.25, 0.3) is 10.9 Å². The average Bonchev–Trinajstić information content (AvgIpc) is 2.81. The van der Waals surface area contributed by atoms with E-state index in [1.165, 1.54) is 0 Å². The van der Waals surface area contributed by atoms with Gasteiger partial charge in [-0.3, -0.25) is 0 Å². The molecule has 0 radical (unpaired) electrons. The van der Waals surface area contributed by atoms with Gasteiger partial charge in [-0.05, 0) is 50.0 Å². The molecule has 1 N–H and O–H groups in total. The minimum absolute atomic E-state index is 0.189. The lowest BCUT2D eigenvalue weighted by atomic mass is 9.75. The van der Waals surface area contributed by atoms with Gasteiger partial charge in [0.1, 0.15) is 5.69 Å². The van der Waals surface area contributed by atoms with Crippen LogP contribution in [0.15, 0.2) is 18.2 Å². The molecule has 1 aromatic heterocycles. The van der Waals surface area contributed by atoms with E-state index in [2.05, 4.69) is 9.88 Å². The molecule has 2 nitrogen and oxygen atoms in total. The van der Waals surface area contributed by atoms with Crippen molar-refractivity contribution in [3.05, 3.63) is 35.0 Å². The first-order chi connectivity index (χ1) is 9.97. The van der Waals surface area contributed by atoms with Crippen molar-refractivity contribution in [1.82, 2.24) is 9.88 Å². The van der Waals surface area contributed by atoms with Gasteiger partial charge in [0.05, 0.1) is 0 Å². The van der Waals surface area contributed by atoms with E-state index < -0.39 is 11.9 Å². The van der Waals surface area contributed by atoms with Crippen LogP contribution in [0.1, 0.15) is 35.6 Å². The number of fused-ring (bicyclic) bond motifs is 2. The van der Waals surface area contributed by atoms with Crippen LogP contribution in [0.2, 0.25) is 0 Å². The Hall–Kier alpha value is -1.49. The highest BCUT2D eigenvalue weighted by molar-refractivity contribution is 5.90. The number of benzene rings is 1. The molecule has 5 heteroatoms. The van der Waals surface area contributed by atoms with Gasteiger partial charge >= 0.3 is 6.18 Å². The first-order valence-electron chi connectivity index (χ1n) is 7.37. The molecule has 1 fully saturated rings. The van der Waals surface area contributed by atoms with Gasteiger partial charge in [0.2, 0.25) is 0 Å². The Morgan fingerprint density at radius 2 is 2.10 bits per heavy atom. The highest BCUT2D eigenvalue weighted by Gasteiger charge is 2.42. The SMILES string of the molecule is CN1CCC[C@@H]2c3cccc4[nH]c(C(F)(F)F)c(c34)C[C@H]21. The molecule has 21 heavy (non-hydrogen) atoms. The molecule has 1 aromatic carbocycles. The van der Waals surface area contributed by atoms with Gasteiger partial charge in [-0.25, -0.2) is 0 Å². The molecule has 2 aliphatic rings. The molecule has 1 aliphatic heterocycles. The molecule has 0 bridgehead atoms. The van der Waals surface area contributed by atoms with Crippen molar-refractivity contribution in [1.29, 1.82) is 0 Å². The normalized spacial score (nSPS) is 26.1. The molecule has 112 valence electrons. The van der Waals surface area contributed by atoms with Gasteiger partial charge < -0.3 is 9.88 Å². The van der Waals surface area contributed by atoms with E-state index in [1.807, 2.05) is 19.2 Å². The molecule has 2 atom stereocenters. The molecular formula is C16H17F3N2. The van der Waals surface area contributed by atoms with Gasteiger partial charge in [0.25, 0.3) is 0 Å². The summed E-state index contributed by atoms with van der Waals surface area (Å²) >= 11 is 0. The minimum atomic E-state index is -4.31. The Kier molecular flexibility index (Phi) is 2.67. The van der Waals surface area contributed by atoms with Crippen LogP contribution < -0.4 is 0 Å². The zero-order valence-electron chi connectivity index (χ0n) is 11.8. The predicted octanol–water partition coefficient (Wildman–Crippen LogP) is 3.92. The van der Waals surface area contributed by atoms with E-state index in [0.29, 0.717) is 23.4 Å². The third kappa shape index (κ3) is 1.83. The van der Waals surface area contributed by atoms with Crippen LogP contribution in [-0.4, -0.2) is 29.5 Å². The Bertz CT molecular complexity index is 701. The molecule has 1 aliphatic carbocycles. The van der Waals surface area contributed by atoms with E-state index in [0.717, 1.165) is 30.3 Å². The number of aromatic nitrogens is 1. The number of nitrogens with one attached hydrogen (secondary N) is 1. The average molecular weight is 294 g/mol. The number of H-pyrrole nitrogens is 1. The van der Waals surface area contributed by atoms with Crippen molar-refractivity contribution in [2.45, 2.75) is 37.4 Å². The molecule has 0 amide bonds. The van der Waals surface area contributed by atoms with E-state index in [4.69, 9.17) is 0 Å². The summed E-state index contributed by atoms with van der Waals surface area (Å²) in [6.07, 6.45) is -1.64. The number of hydrogen-bond acceptors (Lipinski definition) is 1. The quantitative estimate of drug-likeness (QED) is 0.780. The standard InChI is InChI=1S/C16H17F3N2/c1-21-7-3-5-9-10-4-2-6-12-14(10)11(8-13(9)21)15(20-12)16(17,18)19/h2,4,6,9,13,20H,3,5,7-8H2,1H3/t9-,13-/m1/s1. The highest BCUT2D eigenvalue weighted by Crippen LogP contribution is 2.46. The zero-order valence-corrected chi connectivity index (χ0v) is 11.8. The van der Waals surface area contributed by atoms with Crippen molar-refractivity contribution < 1.29 is 13.2 Å². The van der Waals surface area contributed by atoms with Gasteiger partial charge in [0, 0.05) is 22.9 Å². The molecule has 1 saturated heterocycles. The Balaban J connectivity index is 1.98. The van der Waals surface area contributed by atoms with E-state index in [-0.39, 0.29) is 6.04 Å². The number of halogens is 3. The summed E-state index contributed by atoms with van der Waals surface area (Å²) in [5.41, 5.74) is 1.63. The molecule has 0 spiro atoms. The van der Waals surface area contributed by atoms with Gasteiger partial charge in [-0.2, -0.15) is 13.2 Å². The van der Waals surface area contributed by atoms with Gasteiger partial charge in [0.15, 0.2) is 0 Å². The maximum Gasteiger partial charge on any atom is 0.431 e. The number of hydrogen-bond donors (Lipinski definition) is 1. The summed E-state index contributed by atoms with van der Waals surface area (Å²) in [4.78, 5) is 4.84. The van der Waals surface area contributed by atoms with Crippen LogP contribution in [0.4, 0.5) is 13.2 Å². The number of piperidine rings is 1. The number of rotatable bonds is 0. The summed E-state index contributed by atoms with van der Waals surface area (Å²) in [6.45, 7) is 0.970. The Labute approximate surface area is 120 Å². The second-order valence-electron chi connectivity index (χ2n) is 6.25. The summed E-state index contributed by atoms with van der Waals surface area (Å²) < 4.78 is 39.9. The fourth-order valence-electron chi connectivity index (χ4n) is 4.20. The van der Waals surface area contributed by atoms with Crippen LogP contribution in [0, 0.1) is 0 Å². The smallest absolute Gasteiger partial charge is 0.351 e. The van der Waals surface area contributed by atoms with Crippen LogP contribution >= 0.6 is 0 Å². The fourth-order valence-corrected chi connectivity index (χ4v) is 4.20. The topological polar surface area (TPSA) is 19.0 Å². The second-order valence-corrected chi connectivity index (χ2v) is 6.25. The molecule has 2 heterocycles. The molecule has 2 aromatic rings. The monoisotopic (exact) mass is 294 g/mol. The summed E-state index contributed by atoms with van der Waals surface area (Å²) in [7, 11) is 2.03. The van der Waals surface area contributed by atoms with Crippen LogP contribution in [0.5, 0.6) is 0 Å². The third-order valence-electron chi connectivity index (χ3n) is 5.11. The third-order valence-corrected chi connectivity index (χ3v) is 5.11. The first kappa shape index (κ1) is 13.2. The van der Waals surface area contributed by atoms with Crippen molar-refractivity contribution >= 4 is 10.9 Å². The van der Waals surface area contributed by atoms with E-state index in [9.17, 15) is 13.2 Å². The van der Waals surface area contributed by atoms with E-state index >= 15 is 0 Å². The minimum Gasteiger partial charge on any atom is -0.351 e. The van der Waals surface area contributed by atoms with Crippen molar-refractivity contribution in [3.63, 3.8) is 0 Å². The number of nitrogens with zero attached hydrogens (tertiary/aromatic N) is 1.